The van der Waals surface area contributed by atoms with Gasteiger partial charge in [0, 0.05) is 11.0 Å². The van der Waals surface area contributed by atoms with E-state index in [1.54, 1.807) is 19.9 Å². The summed E-state index contributed by atoms with van der Waals surface area (Å²) < 4.78 is 27.9. The molecule has 0 saturated carbocycles. The van der Waals surface area contributed by atoms with Crippen molar-refractivity contribution in [3.8, 4) is 0 Å². The summed E-state index contributed by atoms with van der Waals surface area (Å²) in [7, 11) is 0. The molecule has 0 saturated heterocycles. The largest absolute Gasteiger partial charge is 0.481 e. The van der Waals surface area contributed by atoms with Crippen molar-refractivity contribution < 1.29 is 18.7 Å². The Kier molecular flexibility index (Phi) is 3.79. The normalized spacial score (nSPS) is 12.6. The number of alkyl halides is 1. The van der Waals surface area contributed by atoms with Crippen molar-refractivity contribution in [2.45, 2.75) is 45.2 Å². The quantitative estimate of drug-likeness (QED) is 0.890. The molecule has 0 fully saturated rings. The van der Waals surface area contributed by atoms with Crippen LogP contribution in [-0.2, 0) is 15.9 Å². The van der Waals surface area contributed by atoms with E-state index in [1.165, 1.54) is 26.0 Å². The fourth-order valence-corrected chi connectivity index (χ4v) is 2.17. The van der Waals surface area contributed by atoms with Crippen LogP contribution in [0.4, 0.5) is 8.78 Å². The Morgan fingerprint density at radius 1 is 1.28 bits per heavy atom. The highest BCUT2D eigenvalue weighted by Crippen LogP contribution is 2.38. The molecule has 0 amide bonds. The molecular formula is C14H18F2O2. The summed E-state index contributed by atoms with van der Waals surface area (Å²) in [6.07, 6.45) is -0.181. The summed E-state index contributed by atoms with van der Waals surface area (Å²) in [5.74, 6) is -1.63. The first-order valence-electron chi connectivity index (χ1n) is 5.76. The molecule has 0 bridgehead atoms. The number of rotatable bonds is 4. The van der Waals surface area contributed by atoms with Crippen molar-refractivity contribution in [1.82, 2.24) is 0 Å². The fourth-order valence-electron chi connectivity index (χ4n) is 2.17. The highest BCUT2D eigenvalue weighted by Gasteiger charge is 2.34. The molecule has 100 valence electrons. The van der Waals surface area contributed by atoms with Gasteiger partial charge < -0.3 is 5.11 Å². The highest BCUT2D eigenvalue weighted by molar-refractivity contribution is 5.69. The van der Waals surface area contributed by atoms with E-state index in [2.05, 4.69) is 0 Å². The van der Waals surface area contributed by atoms with Crippen molar-refractivity contribution in [3.63, 3.8) is 0 Å². The molecule has 2 nitrogen and oxygen atoms in total. The van der Waals surface area contributed by atoms with Gasteiger partial charge in [-0.15, -0.1) is 0 Å². The number of halogens is 2. The predicted octanol–water partition coefficient (Wildman–Crippen LogP) is 3.78. The maximum Gasteiger partial charge on any atom is 0.304 e. The van der Waals surface area contributed by atoms with E-state index in [0.717, 1.165) is 0 Å². The molecular weight excluding hydrogens is 238 g/mol. The molecule has 0 aromatic heterocycles. The third-order valence-corrected chi connectivity index (χ3v) is 2.93. The van der Waals surface area contributed by atoms with Gasteiger partial charge in [0.05, 0.1) is 6.42 Å². The zero-order valence-corrected chi connectivity index (χ0v) is 11.1. The second-order valence-corrected chi connectivity index (χ2v) is 5.59. The number of carboxylic acid groups (broad SMARTS) is 1. The van der Waals surface area contributed by atoms with Gasteiger partial charge in [0.1, 0.15) is 11.5 Å². The van der Waals surface area contributed by atoms with Crippen molar-refractivity contribution >= 4 is 5.97 Å². The highest BCUT2D eigenvalue weighted by atomic mass is 19.1. The monoisotopic (exact) mass is 256 g/mol. The predicted molar refractivity (Wildman–Crippen MR) is 65.8 cm³/mol. The zero-order chi connectivity index (χ0) is 14.1. The van der Waals surface area contributed by atoms with Crippen molar-refractivity contribution in [2.24, 2.45) is 0 Å². The van der Waals surface area contributed by atoms with E-state index in [0.29, 0.717) is 5.56 Å². The summed E-state index contributed by atoms with van der Waals surface area (Å²) in [5.41, 5.74) is -2.34. The van der Waals surface area contributed by atoms with Crippen LogP contribution in [0.25, 0.3) is 0 Å². The Hall–Kier alpha value is -1.45. The number of carbonyl (C=O) groups is 1. The smallest absolute Gasteiger partial charge is 0.304 e. The molecule has 0 radical (unpaired) electrons. The summed E-state index contributed by atoms with van der Waals surface area (Å²) >= 11 is 0. The molecule has 4 heteroatoms. The van der Waals surface area contributed by atoms with Gasteiger partial charge in [-0.1, -0.05) is 26.0 Å². The van der Waals surface area contributed by atoms with Crippen LogP contribution in [0.1, 0.15) is 45.2 Å². The standard InChI is InChI=1S/C14H18F2O2/c1-13(2,8-11(17)18)9-6-5-7-10(15)12(9)14(3,4)16/h5-7H,8H2,1-4H3,(H,17,18). The van der Waals surface area contributed by atoms with Crippen LogP contribution in [0.15, 0.2) is 18.2 Å². The summed E-state index contributed by atoms with van der Waals surface area (Å²) in [4.78, 5) is 10.8. The minimum atomic E-state index is -1.85. The molecule has 1 N–H and O–H groups in total. The molecule has 0 aliphatic rings. The molecule has 1 aromatic carbocycles. The number of carboxylic acids is 1. The average molecular weight is 256 g/mol. The lowest BCUT2D eigenvalue weighted by Crippen LogP contribution is -2.27. The van der Waals surface area contributed by atoms with Crippen LogP contribution in [0, 0.1) is 5.82 Å². The van der Waals surface area contributed by atoms with Crippen LogP contribution in [-0.4, -0.2) is 11.1 Å². The van der Waals surface area contributed by atoms with Crippen LogP contribution in [0.3, 0.4) is 0 Å². The Balaban J connectivity index is 3.41. The summed E-state index contributed by atoms with van der Waals surface area (Å²) in [6.45, 7) is 5.88. The van der Waals surface area contributed by atoms with Gasteiger partial charge in [-0.2, -0.15) is 0 Å². The lowest BCUT2D eigenvalue weighted by atomic mass is 9.76. The van der Waals surface area contributed by atoms with Gasteiger partial charge >= 0.3 is 5.97 Å². The van der Waals surface area contributed by atoms with Crippen molar-refractivity contribution in [3.05, 3.63) is 35.1 Å². The van der Waals surface area contributed by atoms with Gasteiger partial charge in [-0.05, 0) is 25.5 Å². The number of hydrogen-bond donors (Lipinski definition) is 1. The van der Waals surface area contributed by atoms with Gasteiger partial charge in [-0.3, -0.25) is 4.79 Å². The Labute approximate surface area is 106 Å². The lowest BCUT2D eigenvalue weighted by molar-refractivity contribution is -0.138. The third kappa shape index (κ3) is 3.06. The van der Waals surface area contributed by atoms with E-state index < -0.39 is 22.9 Å². The fraction of sp³-hybridized carbons (Fsp3) is 0.500. The number of aliphatic carboxylic acids is 1. The topological polar surface area (TPSA) is 37.3 Å². The second kappa shape index (κ2) is 4.67. The number of hydrogen-bond acceptors (Lipinski definition) is 1. The summed E-state index contributed by atoms with van der Waals surface area (Å²) in [5, 5.41) is 8.89. The van der Waals surface area contributed by atoms with Crippen LogP contribution in [0.2, 0.25) is 0 Å². The zero-order valence-electron chi connectivity index (χ0n) is 11.1. The number of benzene rings is 1. The van der Waals surface area contributed by atoms with E-state index in [9.17, 15) is 13.6 Å². The molecule has 0 unspecified atom stereocenters. The van der Waals surface area contributed by atoms with E-state index in [1.807, 2.05) is 0 Å². The second-order valence-electron chi connectivity index (χ2n) is 5.59. The van der Waals surface area contributed by atoms with Crippen LogP contribution < -0.4 is 0 Å². The third-order valence-electron chi connectivity index (χ3n) is 2.93. The summed E-state index contributed by atoms with van der Waals surface area (Å²) in [6, 6.07) is 4.25. The molecule has 18 heavy (non-hydrogen) atoms. The SMILES string of the molecule is CC(C)(F)c1c(F)cccc1C(C)(C)CC(=O)O. The molecule has 0 spiro atoms. The average Bonchev–Trinajstić information content (AvgIpc) is 2.13. The minimum Gasteiger partial charge on any atom is -0.481 e. The molecule has 1 rings (SSSR count). The Morgan fingerprint density at radius 3 is 2.28 bits per heavy atom. The molecule has 0 aliphatic heterocycles. The maximum atomic E-state index is 14.1. The molecule has 0 atom stereocenters. The van der Waals surface area contributed by atoms with E-state index >= 15 is 0 Å². The lowest BCUT2D eigenvalue weighted by Gasteiger charge is -2.30. The molecule has 0 heterocycles. The van der Waals surface area contributed by atoms with Gasteiger partial charge in [0.25, 0.3) is 0 Å². The first-order valence-corrected chi connectivity index (χ1v) is 5.76. The molecule has 1 aromatic rings. The van der Waals surface area contributed by atoms with E-state index in [4.69, 9.17) is 5.11 Å². The van der Waals surface area contributed by atoms with E-state index in [-0.39, 0.29) is 12.0 Å². The minimum absolute atomic E-state index is 0.0590. The van der Waals surface area contributed by atoms with Gasteiger partial charge in [0.2, 0.25) is 0 Å². The molecule has 0 aliphatic carbocycles. The maximum absolute atomic E-state index is 14.1. The van der Waals surface area contributed by atoms with Crippen molar-refractivity contribution in [2.75, 3.05) is 0 Å². The van der Waals surface area contributed by atoms with Crippen molar-refractivity contribution in [1.29, 1.82) is 0 Å². The van der Waals surface area contributed by atoms with Gasteiger partial charge in [-0.25, -0.2) is 8.78 Å². The van der Waals surface area contributed by atoms with Crippen LogP contribution >= 0.6 is 0 Å². The first kappa shape index (κ1) is 14.6. The Bertz CT molecular complexity index is 459. The Morgan fingerprint density at radius 2 is 1.83 bits per heavy atom. The first-order chi connectivity index (χ1) is 8.05. The van der Waals surface area contributed by atoms with Crippen LogP contribution in [0.5, 0.6) is 0 Å². The van der Waals surface area contributed by atoms with Gasteiger partial charge in [0.15, 0.2) is 0 Å².